The van der Waals surface area contributed by atoms with Crippen molar-refractivity contribution in [3.8, 4) is 0 Å². The lowest BCUT2D eigenvalue weighted by atomic mass is 9.87. The van der Waals surface area contributed by atoms with Crippen molar-refractivity contribution < 1.29 is 4.52 Å². The second-order valence-corrected chi connectivity index (χ2v) is 4.60. The molecular formula is C12H20N2O. The number of hydrogen-bond donors (Lipinski definition) is 1. The highest BCUT2D eigenvalue weighted by Gasteiger charge is 2.20. The Morgan fingerprint density at radius 3 is 2.27 bits per heavy atom. The molecule has 0 aliphatic heterocycles. The predicted octanol–water partition coefficient (Wildman–Crippen LogP) is 3.39. The first-order chi connectivity index (χ1) is 7.29. The van der Waals surface area contributed by atoms with Gasteiger partial charge in [-0.1, -0.05) is 37.3 Å². The molecular weight excluding hydrogens is 188 g/mol. The summed E-state index contributed by atoms with van der Waals surface area (Å²) in [4.78, 5) is 0. The van der Waals surface area contributed by atoms with Gasteiger partial charge in [0.2, 0.25) is 5.88 Å². The van der Waals surface area contributed by atoms with Gasteiger partial charge in [-0.05, 0) is 19.8 Å². The Bertz CT molecular complexity index is 311. The third-order valence-corrected chi connectivity index (χ3v) is 3.49. The van der Waals surface area contributed by atoms with Gasteiger partial charge in [-0.15, -0.1) is 0 Å². The SMILES string of the molecule is Cc1c(C2CCCCCCC2)noc1N. The molecule has 3 nitrogen and oxygen atoms in total. The number of rotatable bonds is 1. The van der Waals surface area contributed by atoms with Gasteiger partial charge in [0.1, 0.15) is 0 Å². The predicted molar refractivity (Wildman–Crippen MR) is 60.7 cm³/mol. The largest absolute Gasteiger partial charge is 0.367 e. The van der Waals surface area contributed by atoms with Gasteiger partial charge in [-0.25, -0.2) is 0 Å². The van der Waals surface area contributed by atoms with E-state index in [0.717, 1.165) is 11.3 Å². The van der Waals surface area contributed by atoms with E-state index in [1.54, 1.807) is 0 Å². The van der Waals surface area contributed by atoms with Gasteiger partial charge in [-0.3, -0.25) is 0 Å². The molecule has 1 saturated carbocycles. The van der Waals surface area contributed by atoms with Crippen LogP contribution in [0.1, 0.15) is 62.1 Å². The maximum Gasteiger partial charge on any atom is 0.225 e. The molecule has 84 valence electrons. The highest BCUT2D eigenvalue weighted by atomic mass is 16.5. The molecule has 0 spiro atoms. The van der Waals surface area contributed by atoms with Crippen molar-refractivity contribution >= 4 is 5.88 Å². The number of nitrogens with zero attached hydrogens (tertiary/aromatic N) is 1. The molecule has 1 heterocycles. The maximum atomic E-state index is 5.69. The lowest BCUT2D eigenvalue weighted by Crippen LogP contribution is -2.04. The van der Waals surface area contributed by atoms with Crippen molar-refractivity contribution in [1.82, 2.24) is 5.16 Å². The average Bonchev–Trinajstić information content (AvgIpc) is 2.48. The van der Waals surface area contributed by atoms with Crippen molar-refractivity contribution in [2.45, 2.75) is 57.8 Å². The van der Waals surface area contributed by atoms with Crippen LogP contribution in [0, 0.1) is 6.92 Å². The summed E-state index contributed by atoms with van der Waals surface area (Å²) in [6.45, 7) is 2.01. The molecule has 0 bridgehead atoms. The molecule has 0 aromatic carbocycles. The van der Waals surface area contributed by atoms with Crippen LogP contribution in [0.15, 0.2) is 4.52 Å². The number of aromatic nitrogens is 1. The number of hydrogen-bond acceptors (Lipinski definition) is 3. The summed E-state index contributed by atoms with van der Waals surface area (Å²) < 4.78 is 5.05. The molecule has 1 aromatic rings. The first-order valence-electron chi connectivity index (χ1n) is 6.00. The van der Waals surface area contributed by atoms with Gasteiger partial charge in [0.15, 0.2) is 0 Å². The van der Waals surface area contributed by atoms with E-state index in [1.165, 1.54) is 44.9 Å². The van der Waals surface area contributed by atoms with E-state index in [9.17, 15) is 0 Å². The van der Waals surface area contributed by atoms with Crippen LogP contribution in [0.2, 0.25) is 0 Å². The van der Waals surface area contributed by atoms with Crippen LogP contribution in [0.3, 0.4) is 0 Å². The van der Waals surface area contributed by atoms with Crippen molar-refractivity contribution in [2.75, 3.05) is 5.73 Å². The lowest BCUT2D eigenvalue weighted by molar-refractivity contribution is 0.395. The second kappa shape index (κ2) is 4.69. The zero-order valence-corrected chi connectivity index (χ0v) is 9.46. The molecule has 0 radical (unpaired) electrons. The summed E-state index contributed by atoms with van der Waals surface area (Å²) >= 11 is 0. The summed E-state index contributed by atoms with van der Waals surface area (Å²) in [7, 11) is 0. The first-order valence-corrected chi connectivity index (χ1v) is 6.00. The molecule has 0 unspecified atom stereocenters. The summed E-state index contributed by atoms with van der Waals surface area (Å²) in [6, 6.07) is 0. The molecule has 1 aromatic heterocycles. The van der Waals surface area contributed by atoms with Gasteiger partial charge in [-0.2, -0.15) is 0 Å². The van der Waals surface area contributed by atoms with E-state index in [1.807, 2.05) is 6.92 Å². The van der Waals surface area contributed by atoms with Crippen LogP contribution in [-0.4, -0.2) is 5.16 Å². The van der Waals surface area contributed by atoms with Crippen molar-refractivity contribution in [1.29, 1.82) is 0 Å². The number of nitrogens with two attached hydrogens (primary N) is 1. The van der Waals surface area contributed by atoms with E-state index < -0.39 is 0 Å². The van der Waals surface area contributed by atoms with Crippen LogP contribution in [0.5, 0.6) is 0 Å². The smallest absolute Gasteiger partial charge is 0.225 e. The molecule has 0 saturated heterocycles. The normalized spacial score (nSPS) is 19.8. The van der Waals surface area contributed by atoms with Crippen molar-refractivity contribution in [3.05, 3.63) is 11.3 Å². The van der Waals surface area contributed by atoms with Crippen LogP contribution in [0.25, 0.3) is 0 Å². The van der Waals surface area contributed by atoms with Crippen molar-refractivity contribution in [3.63, 3.8) is 0 Å². The minimum Gasteiger partial charge on any atom is -0.367 e. The standard InChI is InChI=1S/C12H20N2O/c1-9-11(14-15-12(9)13)10-7-5-3-2-4-6-8-10/h10H,2-8,13H2,1H3. The summed E-state index contributed by atoms with van der Waals surface area (Å²) in [6.07, 6.45) is 9.24. The monoisotopic (exact) mass is 208 g/mol. The molecule has 0 amide bonds. The fourth-order valence-corrected chi connectivity index (χ4v) is 2.47. The van der Waals surface area contributed by atoms with Crippen molar-refractivity contribution in [2.24, 2.45) is 0 Å². The summed E-state index contributed by atoms with van der Waals surface area (Å²) in [5, 5.41) is 4.11. The van der Waals surface area contributed by atoms with Crippen LogP contribution >= 0.6 is 0 Å². The second-order valence-electron chi connectivity index (χ2n) is 4.60. The molecule has 2 N–H and O–H groups in total. The molecule has 2 rings (SSSR count). The molecule has 15 heavy (non-hydrogen) atoms. The molecule has 3 heteroatoms. The van der Waals surface area contributed by atoms with Gasteiger partial charge in [0.05, 0.1) is 5.69 Å². The third-order valence-electron chi connectivity index (χ3n) is 3.49. The Balaban J connectivity index is 2.10. The maximum absolute atomic E-state index is 5.69. The highest BCUT2D eigenvalue weighted by Crippen LogP contribution is 2.33. The van der Waals surface area contributed by atoms with Crippen LogP contribution in [-0.2, 0) is 0 Å². The fraction of sp³-hybridized carbons (Fsp3) is 0.750. The average molecular weight is 208 g/mol. The Morgan fingerprint density at radius 2 is 1.73 bits per heavy atom. The third kappa shape index (κ3) is 2.33. The zero-order chi connectivity index (χ0) is 10.7. The summed E-state index contributed by atoms with van der Waals surface area (Å²) in [5.74, 6) is 1.07. The van der Waals surface area contributed by atoms with Gasteiger partial charge in [0, 0.05) is 11.5 Å². The summed E-state index contributed by atoms with van der Waals surface area (Å²) in [5.41, 5.74) is 7.85. The number of anilines is 1. The minimum atomic E-state index is 0.493. The molecule has 1 fully saturated rings. The fourth-order valence-electron chi connectivity index (χ4n) is 2.47. The molecule has 1 aliphatic rings. The van der Waals surface area contributed by atoms with E-state index in [-0.39, 0.29) is 0 Å². The topological polar surface area (TPSA) is 52.0 Å². The van der Waals surface area contributed by atoms with E-state index in [0.29, 0.717) is 11.8 Å². The Morgan fingerprint density at radius 1 is 1.13 bits per heavy atom. The number of nitrogen functional groups attached to an aromatic ring is 1. The molecule has 0 atom stereocenters. The Hall–Kier alpha value is -0.990. The van der Waals surface area contributed by atoms with Gasteiger partial charge >= 0.3 is 0 Å². The highest BCUT2D eigenvalue weighted by molar-refractivity contribution is 5.38. The Labute approximate surface area is 91.0 Å². The zero-order valence-electron chi connectivity index (χ0n) is 9.46. The van der Waals surface area contributed by atoms with Gasteiger partial charge < -0.3 is 10.3 Å². The van der Waals surface area contributed by atoms with E-state index >= 15 is 0 Å². The van der Waals surface area contributed by atoms with Crippen LogP contribution in [0.4, 0.5) is 5.88 Å². The molecule has 1 aliphatic carbocycles. The Kier molecular flexibility index (Phi) is 3.29. The minimum absolute atomic E-state index is 0.493. The lowest BCUT2D eigenvalue weighted by Gasteiger charge is -2.17. The quantitative estimate of drug-likeness (QED) is 0.769. The van der Waals surface area contributed by atoms with E-state index in [4.69, 9.17) is 10.3 Å². The van der Waals surface area contributed by atoms with E-state index in [2.05, 4.69) is 5.16 Å². The van der Waals surface area contributed by atoms with Crippen LogP contribution < -0.4 is 5.73 Å². The van der Waals surface area contributed by atoms with Gasteiger partial charge in [0.25, 0.3) is 0 Å². The first kappa shape index (κ1) is 10.5.